The van der Waals surface area contributed by atoms with Crippen LogP contribution in [-0.2, 0) is 6.54 Å². The van der Waals surface area contributed by atoms with Gasteiger partial charge in [-0.3, -0.25) is 0 Å². The Kier molecular flexibility index (Phi) is 3.00. The first kappa shape index (κ1) is 12.8. The van der Waals surface area contributed by atoms with Crippen molar-refractivity contribution in [3.05, 3.63) is 54.9 Å². The lowest BCUT2D eigenvalue weighted by molar-refractivity contribution is 0.292. The maximum Gasteiger partial charge on any atom is 0.146 e. The molecule has 0 atom stereocenters. The molecule has 0 aliphatic carbocycles. The number of rotatable bonds is 4. The molecule has 0 saturated carbocycles. The van der Waals surface area contributed by atoms with Crippen LogP contribution >= 0.6 is 0 Å². The van der Waals surface area contributed by atoms with Crippen LogP contribution in [0.5, 0.6) is 5.75 Å². The van der Waals surface area contributed by atoms with Gasteiger partial charge in [0.25, 0.3) is 0 Å². The maximum absolute atomic E-state index is 13.9. The Morgan fingerprint density at radius 3 is 2.95 bits per heavy atom. The number of aromatic nitrogens is 4. The van der Waals surface area contributed by atoms with Crippen LogP contribution in [0.3, 0.4) is 0 Å². The number of aromatic amines is 1. The number of H-pyrrole nitrogens is 1. The summed E-state index contributed by atoms with van der Waals surface area (Å²) >= 11 is 0. The standard InChI is InChI=1S/C16H13FN4O/c17-11-7-13-12-3-1-2-4-14(12)20-16(13)15(8-11)22-6-5-21-10-18-9-19-21/h1-4,7-10,20H,5-6H2. The zero-order valence-electron chi connectivity index (χ0n) is 11.7. The molecule has 0 radical (unpaired) electrons. The fourth-order valence-electron chi connectivity index (χ4n) is 2.60. The van der Waals surface area contributed by atoms with E-state index in [0.29, 0.717) is 18.9 Å². The minimum atomic E-state index is -0.312. The van der Waals surface area contributed by atoms with Gasteiger partial charge in [0.1, 0.15) is 30.8 Å². The van der Waals surface area contributed by atoms with Gasteiger partial charge in [0.05, 0.1) is 12.1 Å². The summed E-state index contributed by atoms with van der Waals surface area (Å²) in [6.07, 6.45) is 3.09. The second-order valence-corrected chi connectivity index (χ2v) is 5.00. The Balaban J connectivity index is 1.70. The Hall–Kier alpha value is -2.89. The van der Waals surface area contributed by atoms with E-state index in [9.17, 15) is 4.39 Å². The third kappa shape index (κ3) is 2.18. The molecule has 4 rings (SSSR count). The molecule has 0 spiro atoms. The van der Waals surface area contributed by atoms with Crippen LogP contribution in [0.15, 0.2) is 49.1 Å². The predicted molar refractivity (Wildman–Crippen MR) is 81.3 cm³/mol. The molecule has 4 aromatic rings. The second-order valence-electron chi connectivity index (χ2n) is 5.00. The summed E-state index contributed by atoms with van der Waals surface area (Å²) in [6, 6.07) is 10.7. The number of hydrogen-bond acceptors (Lipinski definition) is 3. The van der Waals surface area contributed by atoms with Crippen molar-refractivity contribution in [2.75, 3.05) is 6.61 Å². The molecule has 0 saturated heterocycles. The Morgan fingerprint density at radius 2 is 2.09 bits per heavy atom. The summed E-state index contributed by atoms with van der Waals surface area (Å²) in [7, 11) is 0. The van der Waals surface area contributed by atoms with Gasteiger partial charge < -0.3 is 9.72 Å². The molecule has 2 aromatic heterocycles. The molecule has 2 aromatic carbocycles. The quantitative estimate of drug-likeness (QED) is 0.629. The Morgan fingerprint density at radius 1 is 1.18 bits per heavy atom. The number of nitrogens with zero attached hydrogens (tertiary/aromatic N) is 3. The van der Waals surface area contributed by atoms with Crippen LogP contribution in [0, 0.1) is 5.82 Å². The van der Waals surface area contributed by atoms with E-state index in [2.05, 4.69) is 15.1 Å². The van der Waals surface area contributed by atoms with Crippen molar-refractivity contribution in [2.24, 2.45) is 0 Å². The molecular weight excluding hydrogens is 283 g/mol. The highest BCUT2D eigenvalue weighted by Crippen LogP contribution is 2.32. The molecule has 0 unspecified atom stereocenters. The minimum absolute atomic E-state index is 0.312. The van der Waals surface area contributed by atoms with E-state index in [4.69, 9.17) is 4.74 Å². The molecule has 22 heavy (non-hydrogen) atoms. The molecule has 6 heteroatoms. The maximum atomic E-state index is 13.9. The van der Waals surface area contributed by atoms with Gasteiger partial charge in [-0.05, 0) is 12.1 Å². The van der Waals surface area contributed by atoms with Gasteiger partial charge in [-0.1, -0.05) is 18.2 Å². The monoisotopic (exact) mass is 296 g/mol. The number of benzene rings is 2. The molecule has 2 heterocycles. The SMILES string of the molecule is Fc1cc(OCCn2cncn2)c2[nH]c3ccccc3c2c1. The molecule has 0 fully saturated rings. The molecule has 0 amide bonds. The summed E-state index contributed by atoms with van der Waals surface area (Å²) in [5, 5.41) is 5.82. The third-order valence-corrected chi connectivity index (χ3v) is 3.59. The van der Waals surface area contributed by atoms with Gasteiger partial charge in [0, 0.05) is 22.4 Å². The van der Waals surface area contributed by atoms with Crippen LogP contribution in [0.2, 0.25) is 0 Å². The molecule has 0 aliphatic rings. The van der Waals surface area contributed by atoms with Crippen molar-refractivity contribution >= 4 is 21.8 Å². The fourth-order valence-corrected chi connectivity index (χ4v) is 2.60. The number of nitrogens with one attached hydrogen (secondary N) is 1. The zero-order valence-corrected chi connectivity index (χ0v) is 11.7. The summed E-state index contributed by atoms with van der Waals surface area (Å²) < 4.78 is 21.3. The first-order valence-electron chi connectivity index (χ1n) is 6.96. The molecule has 5 nitrogen and oxygen atoms in total. The normalized spacial score (nSPS) is 11.3. The van der Waals surface area contributed by atoms with E-state index < -0.39 is 0 Å². The van der Waals surface area contributed by atoms with Crippen molar-refractivity contribution in [1.82, 2.24) is 19.7 Å². The average Bonchev–Trinajstić information content (AvgIpc) is 3.15. The van der Waals surface area contributed by atoms with Crippen molar-refractivity contribution in [3.63, 3.8) is 0 Å². The number of para-hydroxylation sites is 1. The molecular formula is C16H13FN4O. The minimum Gasteiger partial charge on any atom is -0.489 e. The first-order chi connectivity index (χ1) is 10.8. The fraction of sp³-hybridized carbons (Fsp3) is 0.125. The summed E-state index contributed by atoms with van der Waals surface area (Å²) in [6.45, 7) is 0.940. The van der Waals surface area contributed by atoms with Crippen molar-refractivity contribution in [2.45, 2.75) is 6.54 Å². The van der Waals surface area contributed by atoms with Gasteiger partial charge in [-0.15, -0.1) is 0 Å². The topological polar surface area (TPSA) is 55.7 Å². The lowest BCUT2D eigenvalue weighted by Crippen LogP contribution is -2.08. The van der Waals surface area contributed by atoms with Gasteiger partial charge in [-0.2, -0.15) is 5.10 Å². The average molecular weight is 296 g/mol. The lowest BCUT2D eigenvalue weighted by Gasteiger charge is -2.07. The van der Waals surface area contributed by atoms with Crippen molar-refractivity contribution in [3.8, 4) is 5.75 Å². The van der Waals surface area contributed by atoms with Crippen LogP contribution in [0.25, 0.3) is 21.8 Å². The van der Waals surface area contributed by atoms with Gasteiger partial charge in [-0.25, -0.2) is 14.1 Å². The van der Waals surface area contributed by atoms with Gasteiger partial charge in [0.15, 0.2) is 0 Å². The van der Waals surface area contributed by atoms with E-state index in [-0.39, 0.29) is 5.82 Å². The van der Waals surface area contributed by atoms with E-state index in [1.807, 2.05) is 24.3 Å². The van der Waals surface area contributed by atoms with E-state index in [1.165, 1.54) is 18.5 Å². The van der Waals surface area contributed by atoms with E-state index in [1.54, 1.807) is 11.0 Å². The summed E-state index contributed by atoms with van der Waals surface area (Å²) in [4.78, 5) is 7.16. The highest BCUT2D eigenvalue weighted by molar-refractivity contribution is 6.09. The number of ether oxygens (including phenoxy) is 1. The summed E-state index contributed by atoms with van der Waals surface area (Å²) in [5.74, 6) is 0.194. The largest absolute Gasteiger partial charge is 0.489 e. The van der Waals surface area contributed by atoms with Crippen LogP contribution in [0.1, 0.15) is 0 Å². The van der Waals surface area contributed by atoms with Gasteiger partial charge in [0.2, 0.25) is 0 Å². The Bertz CT molecular complexity index is 930. The Labute approximate surface area is 125 Å². The highest BCUT2D eigenvalue weighted by Gasteiger charge is 2.11. The molecule has 0 aliphatic heterocycles. The van der Waals surface area contributed by atoms with Gasteiger partial charge >= 0.3 is 0 Å². The second kappa shape index (κ2) is 5.14. The van der Waals surface area contributed by atoms with Crippen LogP contribution in [0.4, 0.5) is 4.39 Å². The van der Waals surface area contributed by atoms with E-state index >= 15 is 0 Å². The van der Waals surface area contributed by atoms with E-state index in [0.717, 1.165) is 21.8 Å². The zero-order chi connectivity index (χ0) is 14.9. The smallest absolute Gasteiger partial charge is 0.146 e. The number of fused-ring (bicyclic) bond motifs is 3. The first-order valence-corrected chi connectivity index (χ1v) is 6.96. The van der Waals surface area contributed by atoms with Crippen molar-refractivity contribution in [1.29, 1.82) is 0 Å². The van der Waals surface area contributed by atoms with Crippen molar-refractivity contribution < 1.29 is 9.13 Å². The number of halogens is 1. The molecule has 1 N–H and O–H groups in total. The van der Waals surface area contributed by atoms with Crippen LogP contribution < -0.4 is 4.74 Å². The van der Waals surface area contributed by atoms with Crippen LogP contribution in [-0.4, -0.2) is 26.4 Å². The summed E-state index contributed by atoms with van der Waals surface area (Å²) in [5.41, 5.74) is 1.77. The third-order valence-electron chi connectivity index (χ3n) is 3.59. The molecule has 0 bridgehead atoms. The number of hydrogen-bond donors (Lipinski definition) is 1. The molecule has 110 valence electrons. The predicted octanol–water partition coefficient (Wildman–Crippen LogP) is 3.13. The highest BCUT2D eigenvalue weighted by atomic mass is 19.1. The lowest BCUT2D eigenvalue weighted by atomic mass is 10.1.